The average molecular weight is 480 g/mol. The van der Waals surface area contributed by atoms with Crippen LogP contribution in [0.2, 0.25) is 0 Å². The number of esters is 2. The molecule has 2 heterocycles. The Hall–Kier alpha value is -3.05. The Kier molecular flexibility index (Phi) is 7.88. The summed E-state index contributed by atoms with van der Waals surface area (Å²) in [6.07, 6.45) is -3.09. The maximum Gasteiger partial charge on any atom is 0.351 e. The predicted molar refractivity (Wildman–Crippen MR) is 117 cm³/mol. The average Bonchev–Trinajstić information content (AvgIpc) is 2.77. The third-order valence-corrected chi connectivity index (χ3v) is 5.12. The fraction of sp³-hybridized carbons (Fsp3) is 0.565. The zero-order chi connectivity index (χ0) is 25.0. The molecule has 1 aromatic rings. The number of amides is 2. The molecule has 186 valence electrons. The van der Waals surface area contributed by atoms with Crippen LogP contribution in [0.3, 0.4) is 0 Å². The Balaban J connectivity index is 1.86. The maximum atomic E-state index is 14.5. The third kappa shape index (κ3) is 6.09. The van der Waals surface area contributed by atoms with Crippen molar-refractivity contribution in [3.05, 3.63) is 29.6 Å². The topological polar surface area (TPSA) is 112 Å². The van der Waals surface area contributed by atoms with Crippen LogP contribution in [-0.4, -0.2) is 85.9 Å². The number of carbonyl (C=O) groups is 4. The lowest BCUT2D eigenvalue weighted by molar-refractivity contribution is -0.188. The first-order chi connectivity index (χ1) is 16.0. The first-order valence-corrected chi connectivity index (χ1v) is 11.0. The van der Waals surface area contributed by atoms with E-state index in [0.717, 1.165) is 13.0 Å². The maximum absolute atomic E-state index is 14.5. The number of halogens is 1. The Morgan fingerprint density at radius 3 is 2.41 bits per heavy atom. The van der Waals surface area contributed by atoms with Crippen molar-refractivity contribution in [3.8, 4) is 0 Å². The molecule has 0 aliphatic carbocycles. The van der Waals surface area contributed by atoms with E-state index in [1.807, 2.05) is 0 Å². The smallest absolute Gasteiger partial charge is 0.351 e. The van der Waals surface area contributed by atoms with Crippen molar-refractivity contribution in [2.24, 2.45) is 0 Å². The molecule has 0 spiro atoms. The molecule has 2 saturated heterocycles. The zero-order valence-electron chi connectivity index (χ0n) is 19.7. The highest BCUT2D eigenvalue weighted by atomic mass is 19.1. The van der Waals surface area contributed by atoms with Crippen LogP contribution in [0.25, 0.3) is 0 Å². The van der Waals surface area contributed by atoms with E-state index in [-0.39, 0.29) is 24.4 Å². The second-order valence-corrected chi connectivity index (χ2v) is 8.91. The van der Waals surface area contributed by atoms with Gasteiger partial charge >= 0.3 is 11.9 Å². The lowest BCUT2D eigenvalue weighted by Gasteiger charge is -2.36. The van der Waals surface area contributed by atoms with Crippen LogP contribution in [-0.2, 0) is 33.3 Å². The molecule has 0 radical (unpaired) electrons. The molecule has 2 fully saturated rings. The standard InChI is InChI=1S/C23H29FN2O8/c1-14(27)33-19(22(30)34-23(2,3)4)18-21(29)26(9-12-32-18)15-5-6-17(24)16(13-15)20(28)25-7-10-31-11-8-25/h5-6,13,18-19H,7-12H2,1-4H3/t18-,19-/m1/s1. The van der Waals surface area contributed by atoms with E-state index < -0.39 is 47.4 Å². The van der Waals surface area contributed by atoms with Crippen molar-refractivity contribution in [1.29, 1.82) is 0 Å². The fourth-order valence-electron chi connectivity index (χ4n) is 3.63. The van der Waals surface area contributed by atoms with Crippen LogP contribution < -0.4 is 4.90 Å². The predicted octanol–water partition coefficient (Wildman–Crippen LogP) is 1.30. The van der Waals surface area contributed by atoms with Gasteiger partial charge in [-0.2, -0.15) is 0 Å². The second kappa shape index (κ2) is 10.5. The molecule has 2 amide bonds. The van der Waals surface area contributed by atoms with Gasteiger partial charge in [0.25, 0.3) is 11.8 Å². The fourth-order valence-corrected chi connectivity index (χ4v) is 3.63. The molecule has 10 nitrogen and oxygen atoms in total. The lowest BCUT2D eigenvalue weighted by atomic mass is 10.1. The van der Waals surface area contributed by atoms with Crippen LogP contribution in [0.1, 0.15) is 38.1 Å². The van der Waals surface area contributed by atoms with E-state index in [9.17, 15) is 23.6 Å². The van der Waals surface area contributed by atoms with Crippen molar-refractivity contribution in [1.82, 2.24) is 4.90 Å². The lowest BCUT2D eigenvalue weighted by Crippen LogP contribution is -2.56. The minimum Gasteiger partial charge on any atom is -0.457 e. The SMILES string of the molecule is CC(=O)O[C@@H](C(=O)OC(C)(C)C)[C@H]1OCCN(c2ccc(F)c(C(=O)N3CCOCC3)c2)C1=O. The number of carbonyl (C=O) groups excluding carboxylic acids is 4. The zero-order valence-corrected chi connectivity index (χ0v) is 19.7. The van der Waals surface area contributed by atoms with E-state index in [1.54, 1.807) is 20.8 Å². The molecule has 2 aliphatic heterocycles. The molecule has 0 aromatic heterocycles. The van der Waals surface area contributed by atoms with Gasteiger partial charge in [0, 0.05) is 32.2 Å². The number of nitrogens with zero attached hydrogens (tertiary/aromatic N) is 2. The first-order valence-electron chi connectivity index (χ1n) is 11.0. The van der Waals surface area contributed by atoms with Crippen LogP contribution in [0.15, 0.2) is 18.2 Å². The van der Waals surface area contributed by atoms with E-state index in [1.165, 1.54) is 21.9 Å². The molecular weight excluding hydrogens is 451 g/mol. The van der Waals surface area contributed by atoms with Crippen molar-refractivity contribution in [2.45, 2.75) is 45.5 Å². The summed E-state index contributed by atoms with van der Waals surface area (Å²) in [5.41, 5.74) is -0.820. The highest BCUT2D eigenvalue weighted by Gasteiger charge is 2.44. The van der Waals surface area contributed by atoms with Gasteiger partial charge in [-0.25, -0.2) is 9.18 Å². The van der Waals surface area contributed by atoms with Gasteiger partial charge in [0.15, 0.2) is 6.10 Å². The number of anilines is 1. The van der Waals surface area contributed by atoms with E-state index >= 15 is 0 Å². The van der Waals surface area contributed by atoms with Gasteiger partial charge in [0.05, 0.1) is 25.4 Å². The van der Waals surface area contributed by atoms with E-state index in [4.69, 9.17) is 18.9 Å². The monoisotopic (exact) mass is 480 g/mol. The second-order valence-electron chi connectivity index (χ2n) is 8.91. The number of morpholine rings is 2. The molecule has 2 atom stereocenters. The molecule has 1 aromatic carbocycles. The van der Waals surface area contributed by atoms with E-state index in [0.29, 0.717) is 26.3 Å². The van der Waals surface area contributed by atoms with Gasteiger partial charge < -0.3 is 28.7 Å². The van der Waals surface area contributed by atoms with Crippen LogP contribution in [0.5, 0.6) is 0 Å². The summed E-state index contributed by atoms with van der Waals surface area (Å²) in [5.74, 6) is -3.62. The summed E-state index contributed by atoms with van der Waals surface area (Å²) < 4.78 is 35.7. The Morgan fingerprint density at radius 1 is 1.12 bits per heavy atom. The Labute approximate surface area is 196 Å². The molecule has 3 rings (SSSR count). The van der Waals surface area contributed by atoms with Gasteiger partial charge in [-0.3, -0.25) is 14.4 Å². The first kappa shape index (κ1) is 25.6. The molecule has 0 unspecified atom stereocenters. The van der Waals surface area contributed by atoms with Crippen LogP contribution >= 0.6 is 0 Å². The summed E-state index contributed by atoms with van der Waals surface area (Å²) in [5, 5.41) is 0. The van der Waals surface area contributed by atoms with Gasteiger partial charge in [0.2, 0.25) is 6.10 Å². The van der Waals surface area contributed by atoms with Crippen molar-refractivity contribution in [3.63, 3.8) is 0 Å². The van der Waals surface area contributed by atoms with Gasteiger partial charge in [-0.1, -0.05) is 0 Å². The summed E-state index contributed by atoms with van der Waals surface area (Å²) in [4.78, 5) is 53.2. The Bertz CT molecular complexity index is 955. The number of ether oxygens (including phenoxy) is 4. The number of benzene rings is 1. The molecule has 34 heavy (non-hydrogen) atoms. The largest absolute Gasteiger partial charge is 0.457 e. The summed E-state index contributed by atoms with van der Waals surface area (Å²) in [6.45, 7) is 7.51. The number of rotatable bonds is 5. The number of hydrogen-bond donors (Lipinski definition) is 0. The molecule has 2 aliphatic rings. The van der Waals surface area contributed by atoms with Crippen molar-refractivity contribution < 1.29 is 42.5 Å². The molecule has 11 heteroatoms. The molecule has 0 N–H and O–H groups in total. The summed E-state index contributed by atoms with van der Waals surface area (Å²) >= 11 is 0. The van der Waals surface area contributed by atoms with Gasteiger partial charge in [-0.15, -0.1) is 0 Å². The third-order valence-electron chi connectivity index (χ3n) is 5.12. The highest BCUT2D eigenvalue weighted by Crippen LogP contribution is 2.26. The van der Waals surface area contributed by atoms with Crippen molar-refractivity contribution >= 4 is 29.4 Å². The van der Waals surface area contributed by atoms with Crippen LogP contribution in [0, 0.1) is 5.82 Å². The molecule has 0 bridgehead atoms. The normalized spacial score (nSPS) is 20.0. The summed E-state index contributed by atoms with van der Waals surface area (Å²) in [6, 6.07) is 3.76. The molecular formula is C23H29FN2O8. The van der Waals surface area contributed by atoms with E-state index in [2.05, 4.69) is 0 Å². The minimum absolute atomic E-state index is 0.0150. The number of hydrogen-bond acceptors (Lipinski definition) is 8. The van der Waals surface area contributed by atoms with Crippen molar-refractivity contribution in [2.75, 3.05) is 44.4 Å². The van der Waals surface area contributed by atoms with Gasteiger partial charge in [-0.05, 0) is 39.0 Å². The van der Waals surface area contributed by atoms with Gasteiger partial charge in [0.1, 0.15) is 11.4 Å². The minimum atomic E-state index is -1.62. The highest BCUT2D eigenvalue weighted by molar-refractivity contribution is 6.02. The quantitative estimate of drug-likeness (QED) is 0.580. The Morgan fingerprint density at radius 2 is 1.79 bits per heavy atom. The summed E-state index contributed by atoms with van der Waals surface area (Å²) in [7, 11) is 0. The molecule has 0 saturated carbocycles. The van der Waals surface area contributed by atoms with Crippen LogP contribution in [0.4, 0.5) is 10.1 Å².